The first kappa shape index (κ1) is 23.8. The molecule has 1 amide bonds. The van der Waals surface area contributed by atoms with Crippen molar-refractivity contribution in [3.05, 3.63) is 77.0 Å². The van der Waals surface area contributed by atoms with Gasteiger partial charge in [-0.3, -0.25) is 4.79 Å². The van der Waals surface area contributed by atoms with Crippen LogP contribution in [0, 0.1) is 31.3 Å². The number of nitrogens with one attached hydrogen (secondary N) is 1. The number of halogens is 3. The molecule has 10 heteroatoms. The molecule has 186 valence electrons. The summed E-state index contributed by atoms with van der Waals surface area (Å²) in [5.41, 5.74) is 2.76. The highest BCUT2D eigenvalue weighted by Gasteiger charge is 2.30. The van der Waals surface area contributed by atoms with E-state index in [0.29, 0.717) is 41.7 Å². The van der Waals surface area contributed by atoms with Gasteiger partial charge in [-0.25, -0.2) is 27.8 Å². The zero-order valence-corrected chi connectivity index (χ0v) is 19.9. The fourth-order valence-corrected chi connectivity index (χ4v) is 4.58. The number of anilines is 1. The molecule has 1 atom stereocenters. The lowest BCUT2D eigenvalue weighted by atomic mass is 10.0. The van der Waals surface area contributed by atoms with Gasteiger partial charge in [-0.1, -0.05) is 0 Å². The van der Waals surface area contributed by atoms with Crippen LogP contribution in [0.2, 0.25) is 0 Å². The summed E-state index contributed by atoms with van der Waals surface area (Å²) >= 11 is 0. The lowest BCUT2D eigenvalue weighted by Gasteiger charge is -2.36. The van der Waals surface area contributed by atoms with Gasteiger partial charge >= 0.3 is 0 Å². The molecule has 1 aliphatic heterocycles. The van der Waals surface area contributed by atoms with Gasteiger partial charge in [0.05, 0.1) is 28.1 Å². The van der Waals surface area contributed by atoms with Gasteiger partial charge in [0.1, 0.15) is 17.3 Å². The average molecular weight is 495 g/mol. The van der Waals surface area contributed by atoms with E-state index in [1.54, 1.807) is 29.8 Å². The molecule has 7 nitrogen and oxygen atoms in total. The molecule has 5 rings (SSSR count). The molecule has 1 saturated heterocycles. The molecule has 0 bridgehead atoms. The average Bonchev–Trinajstić information content (AvgIpc) is 3.25. The van der Waals surface area contributed by atoms with E-state index in [4.69, 9.17) is 0 Å². The van der Waals surface area contributed by atoms with Crippen molar-refractivity contribution in [3.63, 3.8) is 0 Å². The number of hydrogen-bond donors (Lipinski definition) is 1. The number of aryl methyl sites for hydroxylation is 2. The summed E-state index contributed by atoms with van der Waals surface area (Å²) in [6.45, 7) is 4.55. The van der Waals surface area contributed by atoms with Crippen molar-refractivity contribution in [3.8, 4) is 5.69 Å². The maximum atomic E-state index is 13.7. The van der Waals surface area contributed by atoms with Crippen molar-refractivity contribution in [1.29, 1.82) is 0 Å². The van der Waals surface area contributed by atoms with Crippen LogP contribution in [0.25, 0.3) is 16.7 Å². The number of rotatable bonds is 5. The third-order valence-corrected chi connectivity index (χ3v) is 6.40. The second-order valence-electron chi connectivity index (χ2n) is 9.00. The van der Waals surface area contributed by atoms with Gasteiger partial charge in [0.2, 0.25) is 0 Å². The first-order valence-corrected chi connectivity index (χ1v) is 11.8. The lowest BCUT2D eigenvalue weighted by Crippen LogP contribution is -2.47. The normalized spacial score (nSPS) is 15.9. The van der Waals surface area contributed by atoms with Crippen LogP contribution in [0.5, 0.6) is 0 Å². The summed E-state index contributed by atoms with van der Waals surface area (Å²) in [4.78, 5) is 24.3. The number of amides is 1. The fourth-order valence-electron chi connectivity index (χ4n) is 4.58. The van der Waals surface area contributed by atoms with Crippen molar-refractivity contribution >= 4 is 22.8 Å². The highest BCUT2D eigenvalue weighted by molar-refractivity contribution is 5.93. The number of fused-ring (bicyclic) bond motifs is 1. The first-order chi connectivity index (χ1) is 17.3. The molecule has 1 aliphatic rings. The maximum absolute atomic E-state index is 13.7. The second kappa shape index (κ2) is 9.60. The molecule has 36 heavy (non-hydrogen) atoms. The Morgan fingerprint density at radius 3 is 2.42 bits per heavy atom. The minimum absolute atomic E-state index is 0.120. The number of carbonyl (C=O) groups excluding carboxylic acids is 1. The number of nitrogens with zero attached hydrogens (tertiary/aromatic N) is 5. The van der Waals surface area contributed by atoms with Crippen LogP contribution in [0.3, 0.4) is 0 Å². The smallest absolute Gasteiger partial charge is 0.272 e. The van der Waals surface area contributed by atoms with Crippen LogP contribution in [0.15, 0.2) is 42.5 Å². The third kappa shape index (κ3) is 4.62. The molecule has 2 aromatic heterocycles. The Labute approximate surface area is 206 Å². The minimum atomic E-state index is -0.983. The predicted molar refractivity (Wildman–Crippen MR) is 130 cm³/mol. The monoisotopic (exact) mass is 494 g/mol. The Kier molecular flexibility index (Phi) is 6.34. The molecule has 0 spiro atoms. The summed E-state index contributed by atoms with van der Waals surface area (Å²) in [5, 5.41) is 7.71. The molecule has 4 aromatic rings. The van der Waals surface area contributed by atoms with Crippen molar-refractivity contribution in [2.75, 3.05) is 18.4 Å². The van der Waals surface area contributed by atoms with E-state index in [-0.39, 0.29) is 28.8 Å². The Balaban J connectivity index is 1.38. The standard InChI is InChI=1S/C26H25F3N6O/c1-15-11-24(35(33-15)18-8-6-17(27)7-9-18)26(36)34-10-4-3-5-19(34)14-30-25-16(2)31-22-12-20(28)21(29)13-23(22)32-25/h6-9,11-13,19H,3-5,10,14H2,1-2H3,(H,30,32). The van der Waals surface area contributed by atoms with Crippen LogP contribution in [0.1, 0.15) is 41.1 Å². The second-order valence-corrected chi connectivity index (χ2v) is 9.00. The van der Waals surface area contributed by atoms with E-state index in [9.17, 15) is 18.0 Å². The van der Waals surface area contributed by atoms with E-state index in [1.807, 2.05) is 11.8 Å². The van der Waals surface area contributed by atoms with E-state index in [2.05, 4.69) is 20.4 Å². The molecule has 1 fully saturated rings. The largest absolute Gasteiger partial charge is 0.366 e. The van der Waals surface area contributed by atoms with Gasteiger partial charge in [0.25, 0.3) is 5.91 Å². The Bertz CT molecular complexity index is 1440. The van der Waals surface area contributed by atoms with Crippen LogP contribution in [0.4, 0.5) is 19.0 Å². The number of aromatic nitrogens is 4. The molecule has 3 heterocycles. The Hall–Kier alpha value is -3.95. The first-order valence-electron chi connectivity index (χ1n) is 11.8. The molecule has 0 aliphatic carbocycles. The molecular weight excluding hydrogens is 469 g/mol. The minimum Gasteiger partial charge on any atom is -0.366 e. The summed E-state index contributed by atoms with van der Waals surface area (Å²) in [6, 6.07) is 9.51. The van der Waals surface area contributed by atoms with E-state index in [1.165, 1.54) is 12.1 Å². The van der Waals surface area contributed by atoms with Gasteiger partial charge in [0.15, 0.2) is 11.6 Å². The van der Waals surface area contributed by atoms with Gasteiger partial charge in [0, 0.05) is 31.3 Å². The van der Waals surface area contributed by atoms with Crippen molar-refractivity contribution in [2.24, 2.45) is 0 Å². The van der Waals surface area contributed by atoms with Gasteiger partial charge < -0.3 is 10.2 Å². The number of likely N-dealkylation sites (tertiary alicyclic amines) is 1. The van der Waals surface area contributed by atoms with Crippen LogP contribution < -0.4 is 5.32 Å². The van der Waals surface area contributed by atoms with Crippen LogP contribution in [-0.2, 0) is 0 Å². The number of piperidine rings is 1. The lowest BCUT2D eigenvalue weighted by molar-refractivity contribution is 0.0619. The number of benzene rings is 2. The highest BCUT2D eigenvalue weighted by Crippen LogP contribution is 2.24. The SMILES string of the molecule is Cc1cc(C(=O)N2CCCCC2CNc2nc3cc(F)c(F)cc3nc2C)n(-c2ccc(F)cc2)n1. The number of hydrogen-bond acceptors (Lipinski definition) is 5. The molecule has 2 aromatic carbocycles. The number of carbonyl (C=O) groups is 1. The fraction of sp³-hybridized carbons (Fsp3) is 0.308. The molecule has 1 N–H and O–H groups in total. The summed E-state index contributed by atoms with van der Waals surface area (Å²) in [7, 11) is 0. The zero-order valence-electron chi connectivity index (χ0n) is 19.9. The topological polar surface area (TPSA) is 75.9 Å². The molecule has 0 saturated carbocycles. The highest BCUT2D eigenvalue weighted by atomic mass is 19.2. The summed E-state index contributed by atoms with van der Waals surface area (Å²) in [5.74, 6) is -2.02. The van der Waals surface area contributed by atoms with Gasteiger partial charge in [-0.2, -0.15) is 5.10 Å². The zero-order chi connectivity index (χ0) is 25.4. The van der Waals surface area contributed by atoms with Crippen molar-refractivity contribution in [2.45, 2.75) is 39.2 Å². The van der Waals surface area contributed by atoms with Crippen molar-refractivity contribution < 1.29 is 18.0 Å². The Morgan fingerprint density at radius 2 is 1.69 bits per heavy atom. The molecular formula is C26H25F3N6O. The summed E-state index contributed by atoms with van der Waals surface area (Å²) in [6.07, 6.45) is 2.65. The molecule has 1 unspecified atom stereocenters. The van der Waals surface area contributed by atoms with Crippen molar-refractivity contribution in [1.82, 2.24) is 24.6 Å². The third-order valence-electron chi connectivity index (χ3n) is 6.40. The Morgan fingerprint density at radius 1 is 1.00 bits per heavy atom. The quantitative estimate of drug-likeness (QED) is 0.425. The van der Waals surface area contributed by atoms with Crippen LogP contribution in [-0.4, -0.2) is 49.7 Å². The molecule has 0 radical (unpaired) electrons. The maximum Gasteiger partial charge on any atom is 0.272 e. The van der Waals surface area contributed by atoms with Gasteiger partial charge in [-0.15, -0.1) is 0 Å². The van der Waals surface area contributed by atoms with E-state index < -0.39 is 11.6 Å². The summed E-state index contributed by atoms with van der Waals surface area (Å²) < 4.78 is 42.2. The van der Waals surface area contributed by atoms with Gasteiger partial charge in [-0.05, 0) is 63.4 Å². The van der Waals surface area contributed by atoms with Crippen LogP contribution >= 0.6 is 0 Å². The van der Waals surface area contributed by atoms with E-state index in [0.717, 1.165) is 31.4 Å². The predicted octanol–water partition coefficient (Wildman–Crippen LogP) is 4.96. The van der Waals surface area contributed by atoms with E-state index >= 15 is 0 Å².